The summed E-state index contributed by atoms with van der Waals surface area (Å²) in [5.41, 5.74) is 5.08. The molecule has 1 aliphatic rings. The standard InChI is InChI=1S/C17H28N4O3.HI/c1-17(2,3)24-12-7-9-21(10-8-12)16(19-4)20-11-13-5-6-14(23-13)15(18)22;/h5-6,12H,7-11H2,1-4H3,(H2,18,22)(H,19,20);1H. The molecule has 0 saturated carbocycles. The van der Waals surface area contributed by atoms with Crippen molar-refractivity contribution >= 4 is 35.8 Å². The number of piperidine rings is 1. The van der Waals surface area contributed by atoms with E-state index in [1.165, 1.54) is 0 Å². The Hall–Kier alpha value is -1.29. The van der Waals surface area contributed by atoms with Crippen LogP contribution in [0.2, 0.25) is 0 Å². The fraction of sp³-hybridized carbons (Fsp3) is 0.647. The third kappa shape index (κ3) is 6.85. The predicted octanol–water partition coefficient (Wildman–Crippen LogP) is 2.35. The van der Waals surface area contributed by atoms with Crippen LogP contribution in [0.5, 0.6) is 0 Å². The van der Waals surface area contributed by atoms with Crippen LogP contribution in [0.4, 0.5) is 0 Å². The predicted molar refractivity (Wildman–Crippen MR) is 108 cm³/mol. The molecule has 3 N–H and O–H groups in total. The van der Waals surface area contributed by atoms with E-state index in [2.05, 4.69) is 36.0 Å². The van der Waals surface area contributed by atoms with Gasteiger partial charge in [0.05, 0.1) is 18.2 Å². The van der Waals surface area contributed by atoms with Gasteiger partial charge < -0.3 is 25.1 Å². The van der Waals surface area contributed by atoms with E-state index < -0.39 is 5.91 Å². The SMILES string of the molecule is CN=C(NCc1ccc(C(N)=O)o1)N1CCC(OC(C)(C)C)CC1.I. The molecule has 1 saturated heterocycles. The maximum absolute atomic E-state index is 11.0. The molecule has 0 radical (unpaired) electrons. The Morgan fingerprint density at radius 3 is 2.52 bits per heavy atom. The second-order valence-electron chi connectivity index (χ2n) is 6.95. The Morgan fingerprint density at radius 1 is 1.40 bits per heavy atom. The zero-order chi connectivity index (χ0) is 17.7. The topological polar surface area (TPSA) is 93.1 Å². The maximum atomic E-state index is 11.0. The van der Waals surface area contributed by atoms with E-state index in [0.29, 0.717) is 18.4 Å². The molecule has 25 heavy (non-hydrogen) atoms. The number of nitrogens with two attached hydrogens (primary N) is 1. The first-order valence-electron chi connectivity index (χ1n) is 8.30. The van der Waals surface area contributed by atoms with E-state index in [4.69, 9.17) is 14.9 Å². The number of hydrogen-bond donors (Lipinski definition) is 2. The van der Waals surface area contributed by atoms with Crippen LogP contribution in [0.25, 0.3) is 0 Å². The van der Waals surface area contributed by atoms with Crippen LogP contribution in [0.15, 0.2) is 21.5 Å². The monoisotopic (exact) mass is 464 g/mol. The summed E-state index contributed by atoms with van der Waals surface area (Å²) in [6, 6.07) is 3.32. The zero-order valence-corrected chi connectivity index (χ0v) is 17.7. The van der Waals surface area contributed by atoms with Crippen molar-refractivity contribution in [2.75, 3.05) is 20.1 Å². The average molecular weight is 464 g/mol. The van der Waals surface area contributed by atoms with Crippen LogP contribution in [0.1, 0.15) is 49.9 Å². The number of nitrogens with zero attached hydrogens (tertiary/aromatic N) is 2. The number of carbonyl (C=O) groups is 1. The fourth-order valence-electron chi connectivity index (χ4n) is 2.79. The first-order valence-corrected chi connectivity index (χ1v) is 8.30. The highest BCUT2D eigenvalue weighted by Crippen LogP contribution is 2.20. The third-order valence-electron chi connectivity index (χ3n) is 3.80. The lowest BCUT2D eigenvalue weighted by atomic mass is 10.1. The van der Waals surface area contributed by atoms with Gasteiger partial charge in [0.2, 0.25) is 0 Å². The highest BCUT2D eigenvalue weighted by molar-refractivity contribution is 14.0. The number of halogens is 1. The van der Waals surface area contributed by atoms with Gasteiger partial charge in [-0.05, 0) is 45.7 Å². The van der Waals surface area contributed by atoms with Gasteiger partial charge >= 0.3 is 0 Å². The number of likely N-dealkylation sites (tertiary alicyclic amines) is 1. The Morgan fingerprint density at radius 2 is 2.04 bits per heavy atom. The van der Waals surface area contributed by atoms with Gasteiger partial charge in [0, 0.05) is 20.1 Å². The van der Waals surface area contributed by atoms with Crippen molar-refractivity contribution in [2.45, 2.75) is 51.9 Å². The van der Waals surface area contributed by atoms with E-state index >= 15 is 0 Å². The van der Waals surface area contributed by atoms with Crippen LogP contribution >= 0.6 is 24.0 Å². The van der Waals surface area contributed by atoms with Crippen LogP contribution in [0.3, 0.4) is 0 Å². The molecular formula is C17H29IN4O3. The van der Waals surface area contributed by atoms with Gasteiger partial charge in [-0.3, -0.25) is 9.79 Å². The van der Waals surface area contributed by atoms with Crippen molar-refractivity contribution in [1.82, 2.24) is 10.2 Å². The molecule has 0 bridgehead atoms. The molecule has 0 aliphatic carbocycles. The molecular weight excluding hydrogens is 435 g/mol. The van der Waals surface area contributed by atoms with Gasteiger partial charge in [-0.25, -0.2) is 0 Å². The summed E-state index contributed by atoms with van der Waals surface area (Å²) >= 11 is 0. The number of amides is 1. The van der Waals surface area contributed by atoms with Crippen molar-refractivity contribution in [3.8, 4) is 0 Å². The molecule has 7 nitrogen and oxygen atoms in total. The van der Waals surface area contributed by atoms with Crippen molar-refractivity contribution in [1.29, 1.82) is 0 Å². The Balaban J connectivity index is 0.00000312. The molecule has 8 heteroatoms. The van der Waals surface area contributed by atoms with E-state index in [9.17, 15) is 4.79 Å². The number of carbonyl (C=O) groups excluding carboxylic acids is 1. The molecule has 2 rings (SSSR count). The molecule has 1 aliphatic heterocycles. The highest BCUT2D eigenvalue weighted by Gasteiger charge is 2.25. The summed E-state index contributed by atoms with van der Waals surface area (Å²) in [6.07, 6.45) is 2.25. The molecule has 1 fully saturated rings. The van der Waals surface area contributed by atoms with Crippen molar-refractivity contribution in [3.05, 3.63) is 23.7 Å². The van der Waals surface area contributed by atoms with Gasteiger partial charge in [-0.2, -0.15) is 0 Å². The first kappa shape index (κ1) is 21.8. The van der Waals surface area contributed by atoms with E-state index in [1.807, 2.05) is 0 Å². The Labute approximate surface area is 166 Å². The van der Waals surface area contributed by atoms with Crippen molar-refractivity contribution < 1.29 is 13.9 Å². The van der Waals surface area contributed by atoms with Crippen molar-refractivity contribution in [2.24, 2.45) is 10.7 Å². The largest absolute Gasteiger partial charge is 0.454 e. The molecule has 0 unspecified atom stereocenters. The summed E-state index contributed by atoms with van der Waals surface area (Å²) in [7, 11) is 1.76. The molecule has 2 heterocycles. The van der Waals surface area contributed by atoms with E-state index in [-0.39, 0.29) is 35.3 Å². The molecule has 0 spiro atoms. The normalized spacial score (nSPS) is 16.5. The molecule has 1 aromatic heterocycles. The Kier molecular flexibility index (Phi) is 8.20. The molecule has 142 valence electrons. The number of rotatable bonds is 4. The average Bonchev–Trinajstić information content (AvgIpc) is 2.97. The van der Waals surface area contributed by atoms with Gasteiger partial charge in [0.15, 0.2) is 11.7 Å². The molecule has 1 aromatic rings. The Bertz CT molecular complexity index is 587. The number of furan rings is 1. The van der Waals surface area contributed by atoms with Crippen LogP contribution < -0.4 is 11.1 Å². The number of ether oxygens (including phenoxy) is 1. The van der Waals surface area contributed by atoms with Gasteiger partial charge in [-0.1, -0.05) is 0 Å². The van der Waals surface area contributed by atoms with Gasteiger partial charge in [0.1, 0.15) is 5.76 Å². The number of aliphatic imine (C=N–C) groups is 1. The van der Waals surface area contributed by atoms with E-state index in [1.54, 1.807) is 19.2 Å². The summed E-state index contributed by atoms with van der Waals surface area (Å²) in [5.74, 6) is 1.07. The lowest BCUT2D eigenvalue weighted by Gasteiger charge is -2.36. The smallest absolute Gasteiger partial charge is 0.284 e. The quantitative estimate of drug-likeness (QED) is 0.406. The van der Waals surface area contributed by atoms with Crippen molar-refractivity contribution in [3.63, 3.8) is 0 Å². The zero-order valence-electron chi connectivity index (χ0n) is 15.4. The number of primary amides is 1. The highest BCUT2D eigenvalue weighted by atomic mass is 127. The number of guanidine groups is 1. The lowest BCUT2D eigenvalue weighted by Crippen LogP contribution is -2.47. The minimum atomic E-state index is -0.563. The minimum absolute atomic E-state index is 0. The minimum Gasteiger partial charge on any atom is -0.454 e. The third-order valence-corrected chi connectivity index (χ3v) is 3.80. The van der Waals surface area contributed by atoms with Crippen LogP contribution in [-0.4, -0.2) is 48.6 Å². The second kappa shape index (κ2) is 9.42. The maximum Gasteiger partial charge on any atom is 0.284 e. The summed E-state index contributed by atoms with van der Waals surface area (Å²) in [4.78, 5) is 17.6. The summed E-state index contributed by atoms with van der Waals surface area (Å²) in [6.45, 7) is 8.51. The first-order chi connectivity index (χ1) is 11.3. The molecule has 0 aromatic carbocycles. The van der Waals surface area contributed by atoms with Crippen LogP contribution in [-0.2, 0) is 11.3 Å². The summed E-state index contributed by atoms with van der Waals surface area (Å²) in [5, 5.41) is 3.26. The second-order valence-corrected chi connectivity index (χ2v) is 6.95. The van der Waals surface area contributed by atoms with Crippen LogP contribution in [0, 0.1) is 0 Å². The molecule has 0 atom stereocenters. The lowest BCUT2D eigenvalue weighted by molar-refractivity contribution is -0.0773. The van der Waals surface area contributed by atoms with Gasteiger partial charge in [0.25, 0.3) is 5.91 Å². The molecule has 1 amide bonds. The fourth-order valence-corrected chi connectivity index (χ4v) is 2.79. The van der Waals surface area contributed by atoms with E-state index in [0.717, 1.165) is 31.9 Å². The number of nitrogens with one attached hydrogen (secondary N) is 1. The number of hydrogen-bond acceptors (Lipinski definition) is 4. The van der Waals surface area contributed by atoms with Gasteiger partial charge in [-0.15, -0.1) is 24.0 Å². The summed E-state index contributed by atoms with van der Waals surface area (Å²) < 4.78 is 11.4.